The van der Waals surface area contributed by atoms with E-state index in [1.54, 1.807) is 11.0 Å². The Kier molecular flexibility index (Phi) is 6.55. The number of halogens is 1. The maximum absolute atomic E-state index is 13.6. The third-order valence-electron chi connectivity index (χ3n) is 4.92. The Morgan fingerprint density at radius 3 is 2.86 bits per heavy atom. The molecule has 6 nitrogen and oxygen atoms in total. The maximum atomic E-state index is 13.6. The number of hydrogen-bond acceptors (Lipinski definition) is 5. The fraction of sp³-hybridized carbons (Fsp3) is 0.364. The van der Waals surface area contributed by atoms with Crippen LogP contribution in [0.3, 0.4) is 0 Å². The summed E-state index contributed by atoms with van der Waals surface area (Å²) in [7, 11) is 0. The molecule has 29 heavy (non-hydrogen) atoms. The maximum Gasteiger partial charge on any atom is 0.316 e. The number of likely N-dealkylation sites (tertiary alicyclic amines) is 1. The third kappa shape index (κ3) is 5.17. The van der Waals surface area contributed by atoms with Crippen LogP contribution in [-0.4, -0.2) is 33.9 Å². The molecule has 150 valence electrons. The van der Waals surface area contributed by atoms with Crippen molar-refractivity contribution in [3.63, 3.8) is 0 Å². The number of carbonyl (C=O) groups is 1. The molecule has 0 saturated carbocycles. The molecule has 2 atom stereocenters. The average molecular weight is 394 g/mol. The SMILES string of the molecule is C=C(CCCOc1ncc(C#N)cn1)C(=O)N1CC(C)CC1c1cccc(F)c1. The number of amides is 1. The molecule has 2 unspecified atom stereocenters. The van der Waals surface area contributed by atoms with E-state index < -0.39 is 0 Å². The van der Waals surface area contributed by atoms with Gasteiger partial charge in [-0.2, -0.15) is 5.26 Å². The first-order valence-corrected chi connectivity index (χ1v) is 9.57. The second-order valence-electron chi connectivity index (χ2n) is 7.29. The summed E-state index contributed by atoms with van der Waals surface area (Å²) in [5.74, 6) is -0.0504. The van der Waals surface area contributed by atoms with Crippen molar-refractivity contribution in [2.24, 2.45) is 5.92 Å². The molecular weight excluding hydrogens is 371 g/mol. The van der Waals surface area contributed by atoms with Crippen LogP contribution in [0.2, 0.25) is 0 Å². The number of aromatic nitrogens is 2. The molecule has 0 radical (unpaired) electrons. The van der Waals surface area contributed by atoms with Gasteiger partial charge in [0.25, 0.3) is 0 Å². The van der Waals surface area contributed by atoms with Crippen molar-refractivity contribution in [3.05, 3.63) is 65.8 Å². The molecule has 1 aliphatic rings. The number of hydrogen-bond donors (Lipinski definition) is 0. The summed E-state index contributed by atoms with van der Waals surface area (Å²) in [5.41, 5.74) is 1.69. The van der Waals surface area contributed by atoms with Crippen molar-refractivity contribution in [1.82, 2.24) is 14.9 Å². The molecule has 1 aromatic carbocycles. The molecule has 1 amide bonds. The first kappa shape index (κ1) is 20.5. The summed E-state index contributed by atoms with van der Waals surface area (Å²) in [6, 6.07) is 8.45. The van der Waals surface area contributed by atoms with Crippen LogP contribution >= 0.6 is 0 Å². The minimum Gasteiger partial charge on any atom is -0.463 e. The summed E-state index contributed by atoms with van der Waals surface area (Å²) < 4.78 is 19.1. The van der Waals surface area contributed by atoms with Crippen molar-refractivity contribution in [2.45, 2.75) is 32.2 Å². The van der Waals surface area contributed by atoms with Gasteiger partial charge in [-0.15, -0.1) is 0 Å². The van der Waals surface area contributed by atoms with Crippen molar-refractivity contribution in [3.8, 4) is 12.1 Å². The standard InChI is InChI=1S/C22H23FN4O2/c1-15-9-20(18-6-3-7-19(23)10-18)27(14-15)21(28)16(2)5-4-8-29-22-25-12-17(11-24)13-26-22/h3,6-7,10,12-13,15,20H,2,4-5,8-9,14H2,1H3. The predicted octanol–water partition coefficient (Wildman–Crippen LogP) is 3.81. The minimum absolute atomic E-state index is 0.0989. The van der Waals surface area contributed by atoms with E-state index in [-0.39, 0.29) is 23.8 Å². The van der Waals surface area contributed by atoms with Gasteiger partial charge in [-0.05, 0) is 42.9 Å². The lowest BCUT2D eigenvalue weighted by Gasteiger charge is -2.26. The first-order valence-electron chi connectivity index (χ1n) is 9.57. The van der Waals surface area contributed by atoms with E-state index in [0.29, 0.717) is 43.0 Å². The zero-order chi connectivity index (χ0) is 20.8. The smallest absolute Gasteiger partial charge is 0.316 e. The average Bonchev–Trinajstić information content (AvgIpc) is 3.12. The highest BCUT2D eigenvalue weighted by Crippen LogP contribution is 2.36. The first-order chi connectivity index (χ1) is 14.0. The molecule has 0 N–H and O–H groups in total. The Hall–Kier alpha value is -3.27. The summed E-state index contributed by atoms with van der Waals surface area (Å²) >= 11 is 0. The van der Waals surface area contributed by atoms with Gasteiger partial charge in [-0.1, -0.05) is 25.6 Å². The van der Waals surface area contributed by atoms with Crippen molar-refractivity contribution in [1.29, 1.82) is 5.26 Å². The highest BCUT2D eigenvalue weighted by atomic mass is 19.1. The number of rotatable bonds is 7. The van der Waals surface area contributed by atoms with Gasteiger partial charge in [0.1, 0.15) is 11.9 Å². The van der Waals surface area contributed by atoms with E-state index in [4.69, 9.17) is 10.00 Å². The lowest BCUT2D eigenvalue weighted by Crippen LogP contribution is -2.32. The van der Waals surface area contributed by atoms with Gasteiger partial charge in [0, 0.05) is 12.1 Å². The Labute approximate surface area is 169 Å². The molecule has 2 heterocycles. The van der Waals surface area contributed by atoms with E-state index in [1.165, 1.54) is 24.5 Å². The quantitative estimate of drug-likeness (QED) is 0.527. The van der Waals surface area contributed by atoms with E-state index in [1.807, 2.05) is 12.1 Å². The number of nitrogens with zero attached hydrogens (tertiary/aromatic N) is 4. The van der Waals surface area contributed by atoms with E-state index in [9.17, 15) is 9.18 Å². The lowest BCUT2D eigenvalue weighted by molar-refractivity contribution is -0.128. The second-order valence-corrected chi connectivity index (χ2v) is 7.29. The minimum atomic E-state index is -0.296. The van der Waals surface area contributed by atoms with Gasteiger partial charge in [0.15, 0.2) is 0 Å². The van der Waals surface area contributed by atoms with Crippen LogP contribution in [0, 0.1) is 23.1 Å². The van der Waals surface area contributed by atoms with Crippen LogP contribution in [0.5, 0.6) is 6.01 Å². The molecule has 0 bridgehead atoms. The Morgan fingerprint density at radius 1 is 1.41 bits per heavy atom. The predicted molar refractivity (Wildman–Crippen MR) is 105 cm³/mol. The normalized spacial score (nSPS) is 18.3. The zero-order valence-electron chi connectivity index (χ0n) is 16.3. The van der Waals surface area contributed by atoms with E-state index in [0.717, 1.165) is 12.0 Å². The summed E-state index contributed by atoms with van der Waals surface area (Å²) in [6.45, 7) is 7.01. The molecular formula is C22H23FN4O2. The van der Waals surface area contributed by atoms with Gasteiger partial charge in [0.2, 0.25) is 5.91 Å². The molecule has 1 fully saturated rings. The second kappa shape index (κ2) is 9.28. The monoisotopic (exact) mass is 394 g/mol. The van der Waals surface area contributed by atoms with Crippen LogP contribution in [0.4, 0.5) is 4.39 Å². The third-order valence-corrected chi connectivity index (χ3v) is 4.92. The number of ether oxygens (including phenoxy) is 1. The fourth-order valence-electron chi connectivity index (χ4n) is 3.51. The van der Waals surface area contributed by atoms with Crippen molar-refractivity contribution in [2.75, 3.05) is 13.2 Å². The highest BCUT2D eigenvalue weighted by Gasteiger charge is 2.34. The zero-order valence-corrected chi connectivity index (χ0v) is 16.3. The van der Waals surface area contributed by atoms with Crippen LogP contribution in [-0.2, 0) is 4.79 Å². The number of nitriles is 1. The topological polar surface area (TPSA) is 79.1 Å². The molecule has 0 aliphatic carbocycles. The Morgan fingerprint density at radius 2 is 2.17 bits per heavy atom. The molecule has 3 rings (SSSR count). The molecule has 1 aliphatic heterocycles. The van der Waals surface area contributed by atoms with Crippen LogP contribution in [0.15, 0.2) is 48.8 Å². The largest absolute Gasteiger partial charge is 0.463 e. The fourth-order valence-corrected chi connectivity index (χ4v) is 3.51. The van der Waals surface area contributed by atoms with Gasteiger partial charge in [-0.25, -0.2) is 14.4 Å². The summed E-state index contributed by atoms with van der Waals surface area (Å²) in [5, 5.41) is 8.73. The van der Waals surface area contributed by atoms with Gasteiger partial charge in [0.05, 0.1) is 30.6 Å². The number of benzene rings is 1. The van der Waals surface area contributed by atoms with Gasteiger partial charge in [-0.3, -0.25) is 4.79 Å². The van der Waals surface area contributed by atoms with Gasteiger partial charge >= 0.3 is 6.01 Å². The summed E-state index contributed by atoms with van der Waals surface area (Å²) in [6.07, 6.45) is 4.66. The van der Waals surface area contributed by atoms with Gasteiger partial charge < -0.3 is 9.64 Å². The Balaban J connectivity index is 1.53. The van der Waals surface area contributed by atoms with Crippen molar-refractivity contribution >= 4 is 5.91 Å². The molecule has 1 saturated heterocycles. The number of carbonyl (C=O) groups excluding carboxylic acids is 1. The highest BCUT2D eigenvalue weighted by molar-refractivity contribution is 5.93. The summed E-state index contributed by atoms with van der Waals surface area (Å²) in [4.78, 5) is 22.6. The van der Waals surface area contributed by atoms with Crippen LogP contribution in [0.25, 0.3) is 0 Å². The molecule has 7 heteroatoms. The van der Waals surface area contributed by atoms with Crippen molar-refractivity contribution < 1.29 is 13.9 Å². The lowest BCUT2D eigenvalue weighted by atomic mass is 10.0. The van der Waals surface area contributed by atoms with E-state index >= 15 is 0 Å². The molecule has 0 spiro atoms. The van der Waals surface area contributed by atoms with Crippen LogP contribution < -0.4 is 4.74 Å². The molecule has 2 aromatic rings. The van der Waals surface area contributed by atoms with Crippen LogP contribution in [0.1, 0.15) is 43.4 Å². The Bertz CT molecular complexity index is 923. The molecule has 1 aromatic heterocycles. The van der Waals surface area contributed by atoms with E-state index in [2.05, 4.69) is 23.5 Å².